The molecule has 34 heavy (non-hydrogen) atoms. The van der Waals surface area contributed by atoms with Gasteiger partial charge >= 0.3 is 0 Å². The molecule has 0 unspecified atom stereocenters. The van der Waals surface area contributed by atoms with Crippen molar-refractivity contribution in [1.82, 2.24) is 9.66 Å². The number of nitrogens with zero attached hydrogens (tertiary/aromatic N) is 3. The molecular formula is C26H21N3O5. The number of aromatic nitrogens is 2. The molecule has 0 atom stereocenters. The third-order valence-electron chi connectivity index (χ3n) is 5.41. The number of methoxy groups -OCH3 is 3. The molecule has 5 rings (SSSR count). The van der Waals surface area contributed by atoms with Crippen LogP contribution in [0.2, 0.25) is 0 Å². The zero-order valence-corrected chi connectivity index (χ0v) is 18.8. The fourth-order valence-electron chi connectivity index (χ4n) is 3.78. The van der Waals surface area contributed by atoms with Gasteiger partial charge in [0.1, 0.15) is 5.58 Å². The maximum atomic E-state index is 13.4. The van der Waals surface area contributed by atoms with Gasteiger partial charge in [0.25, 0.3) is 5.56 Å². The first-order chi connectivity index (χ1) is 16.6. The zero-order chi connectivity index (χ0) is 23.7. The lowest BCUT2D eigenvalue weighted by Crippen LogP contribution is -2.20. The summed E-state index contributed by atoms with van der Waals surface area (Å²) in [4.78, 5) is 18.1. The van der Waals surface area contributed by atoms with Crippen molar-refractivity contribution in [3.63, 3.8) is 0 Å². The predicted molar refractivity (Wildman–Crippen MR) is 130 cm³/mol. The molecule has 170 valence electrons. The van der Waals surface area contributed by atoms with Crippen LogP contribution in [0.1, 0.15) is 5.56 Å². The lowest BCUT2D eigenvalue weighted by Gasteiger charge is -2.12. The smallest absolute Gasteiger partial charge is 0.282 e. The van der Waals surface area contributed by atoms with Crippen LogP contribution in [0.4, 0.5) is 0 Å². The van der Waals surface area contributed by atoms with Crippen molar-refractivity contribution in [2.75, 3.05) is 21.3 Å². The summed E-state index contributed by atoms with van der Waals surface area (Å²) < 4.78 is 23.5. The van der Waals surface area contributed by atoms with Gasteiger partial charge in [0.2, 0.25) is 11.6 Å². The molecule has 0 N–H and O–H groups in total. The monoisotopic (exact) mass is 455 g/mol. The molecule has 0 radical (unpaired) electrons. The summed E-state index contributed by atoms with van der Waals surface area (Å²) in [7, 11) is 4.61. The summed E-state index contributed by atoms with van der Waals surface area (Å²) >= 11 is 0. The van der Waals surface area contributed by atoms with Gasteiger partial charge in [-0.15, -0.1) is 0 Å². The Bertz CT molecular complexity index is 1540. The van der Waals surface area contributed by atoms with Crippen molar-refractivity contribution in [3.8, 4) is 28.8 Å². The molecule has 8 heteroatoms. The van der Waals surface area contributed by atoms with Crippen LogP contribution >= 0.6 is 0 Å². The molecule has 0 fully saturated rings. The van der Waals surface area contributed by atoms with Crippen LogP contribution in [-0.2, 0) is 0 Å². The molecule has 0 bridgehead atoms. The summed E-state index contributed by atoms with van der Waals surface area (Å²) in [6.07, 6.45) is 1.54. The van der Waals surface area contributed by atoms with Crippen LogP contribution in [0.25, 0.3) is 33.5 Å². The van der Waals surface area contributed by atoms with Crippen LogP contribution in [0.5, 0.6) is 17.2 Å². The fraction of sp³-hybridized carbons (Fsp3) is 0.115. The van der Waals surface area contributed by atoms with E-state index in [1.807, 2.05) is 36.4 Å². The molecule has 2 heterocycles. The SMILES string of the molecule is COc1cc(C=Nn2c(-c3cc4ccccc4o3)nc3ccccc3c2=O)cc(OC)c1OC. The number of para-hydroxylation sites is 2. The average Bonchev–Trinajstić information content (AvgIpc) is 3.31. The van der Waals surface area contributed by atoms with E-state index in [1.165, 1.54) is 32.2 Å². The molecule has 0 spiro atoms. The largest absolute Gasteiger partial charge is 0.493 e. The molecule has 0 amide bonds. The maximum Gasteiger partial charge on any atom is 0.282 e. The van der Waals surface area contributed by atoms with E-state index < -0.39 is 0 Å². The van der Waals surface area contributed by atoms with Crippen molar-refractivity contribution < 1.29 is 18.6 Å². The summed E-state index contributed by atoms with van der Waals surface area (Å²) in [5.74, 6) is 2.15. The van der Waals surface area contributed by atoms with E-state index in [1.54, 1.807) is 30.3 Å². The van der Waals surface area contributed by atoms with Crippen LogP contribution in [0.15, 0.2) is 81.0 Å². The van der Waals surface area contributed by atoms with Crippen molar-refractivity contribution >= 4 is 28.1 Å². The maximum absolute atomic E-state index is 13.4. The second-order valence-electron chi connectivity index (χ2n) is 7.42. The van der Waals surface area contributed by atoms with Crippen LogP contribution in [-0.4, -0.2) is 37.2 Å². The van der Waals surface area contributed by atoms with Crippen LogP contribution in [0, 0.1) is 0 Å². The van der Waals surface area contributed by atoms with Gasteiger partial charge < -0.3 is 18.6 Å². The number of hydrogen-bond acceptors (Lipinski definition) is 7. The molecule has 0 aliphatic rings. The lowest BCUT2D eigenvalue weighted by molar-refractivity contribution is 0.324. The van der Waals surface area contributed by atoms with Crippen LogP contribution in [0.3, 0.4) is 0 Å². The number of benzene rings is 3. The Kier molecular flexibility index (Phi) is 5.47. The lowest BCUT2D eigenvalue weighted by atomic mass is 10.2. The van der Waals surface area contributed by atoms with Gasteiger partial charge in [-0.1, -0.05) is 30.3 Å². The Balaban J connectivity index is 1.70. The van der Waals surface area contributed by atoms with E-state index >= 15 is 0 Å². The van der Waals surface area contributed by atoms with E-state index in [0.29, 0.717) is 50.9 Å². The summed E-state index contributed by atoms with van der Waals surface area (Å²) in [6, 6.07) is 20.1. The summed E-state index contributed by atoms with van der Waals surface area (Å²) in [5, 5.41) is 5.84. The Morgan fingerprint density at radius 2 is 1.62 bits per heavy atom. The minimum atomic E-state index is -0.315. The predicted octanol–water partition coefficient (Wildman–Crippen LogP) is 4.72. The molecule has 0 aliphatic carbocycles. The molecule has 8 nitrogen and oxygen atoms in total. The third-order valence-corrected chi connectivity index (χ3v) is 5.41. The first-order valence-electron chi connectivity index (χ1n) is 10.5. The van der Waals surface area contributed by atoms with Gasteiger partial charge in [0.05, 0.1) is 38.4 Å². The fourth-order valence-corrected chi connectivity index (χ4v) is 3.78. The van der Waals surface area contributed by atoms with E-state index in [2.05, 4.69) is 5.10 Å². The highest BCUT2D eigenvalue weighted by Gasteiger charge is 2.17. The number of ether oxygens (including phenoxy) is 3. The Labute approximate surface area is 194 Å². The van der Waals surface area contributed by atoms with Gasteiger partial charge in [-0.05, 0) is 36.4 Å². The third kappa shape index (κ3) is 3.65. The average molecular weight is 455 g/mol. The van der Waals surface area contributed by atoms with Crippen molar-refractivity contribution in [3.05, 3.63) is 82.6 Å². The minimum absolute atomic E-state index is 0.295. The van der Waals surface area contributed by atoms with Crippen molar-refractivity contribution in [1.29, 1.82) is 0 Å². The highest BCUT2D eigenvalue weighted by Crippen LogP contribution is 2.37. The molecule has 3 aromatic carbocycles. The highest BCUT2D eigenvalue weighted by atomic mass is 16.5. The first-order valence-corrected chi connectivity index (χ1v) is 10.5. The highest BCUT2D eigenvalue weighted by molar-refractivity contribution is 5.85. The van der Waals surface area contributed by atoms with Gasteiger partial charge in [0.15, 0.2) is 17.3 Å². The number of rotatable bonds is 6. The molecule has 0 saturated carbocycles. The van der Waals surface area contributed by atoms with Gasteiger partial charge in [-0.25, -0.2) is 4.98 Å². The van der Waals surface area contributed by atoms with Gasteiger partial charge in [0, 0.05) is 10.9 Å². The topological polar surface area (TPSA) is 88.1 Å². The molecular weight excluding hydrogens is 434 g/mol. The quantitative estimate of drug-likeness (QED) is 0.344. The van der Waals surface area contributed by atoms with Crippen LogP contribution < -0.4 is 19.8 Å². The second kappa shape index (κ2) is 8.74. The van der Waals surface area contributed by atoms with Gasteiger partial charge in [-0.2, -0.15) is 9.78 Å². The summed E-state index contributed by atoms with van der Waals surface area (Å²) in [6.45, 7) is 0. The summed E-state index contributed by atoms with van der Waals surface area (Å²) in [5.41, 5.74) is 1.58. The normalized spacial score (nSPS) is 11.4. The minimum Gasteiger partial charge on any atom is -0.493 e. The molecule has 2 aromatic heterocycles. The zero-order valence-electron chi connectivity index (χ0n) is 18.8. The van der Waals surface area contributed by atoms with Crippen molar-refractivity contribution in [2.24, 2.45) is 5.10 Å². The first kappa shape index (κ1) is 21.3. The Morgan fingerprint density at radius 1 is 0.912 bits per heavy atom. The number of furan rings is 1. The van der Waals surface area contributed by atoms with E-state index in [-0.39, 0.29) is 5.56 Å². The standard InChI is InChI=1S/C26H21N3O5/c1-31-21-12-16(13-22(32-2)24(21)33-3)15-27-29-25(23-14-17-8-4-7-11-20(17)34-23)28-19-10-6-5-9-18(19)26(29)30/h4-15H,1-3H3. The van der Waals surface area contributed by atoms with E-state index in [0.717, 1.165) is 5.39 Å². The van der Waals surface area contributed by atoms with E-state index in [9.17, 15) is 4.79 Å². The molecule has 5 aromatic rings. The van der Waals surface area contributed by atoms with Gasteiger partial charge in [-0.3, -0.25) is 4.79 Å². The number of fused-ring (bicyclic) bond motifs is 2. The molecule has 0 saturated heterocycles. The molecule has 0 aliphatic heterocycles. The number of hydrogen-bond donors (Lipinski definition) is 0. The Hall–Kier alpha value is -4.59. The van der Waals surface area contributed by atoms with E-state index in [4.69, 9.17) is 23.6 Å². The van der Waals surface area contributed by atoms with Crippen molar-refractivity contribution in [2.45, 2.75) is 0 Å². The second-order valence-corrected chi connectivity index (χ2v) is 7.42. The Morgan fingerprint density at radius 3 is 2.32 bits per heavy atom.